The summed E-state index contributed by atoms with van der Waals surface area (Å²) in [5, 5.41) is 8.85. The molecular formula is C23H23N5. The number of nitrogens with zero attached hydrogens (tertiary/aromatic N) is 3. The van der Waals surface area contributed by atoms with Crippen LogP contribution in [0.2, 0.25) is 0 Å². The summed E-state index contributed by atoms with van der Waals surface area (Å²) in [6.45, 7) is 2.90. The summed E-state index contributed by atoms with van der Waals surface area (Å²) in [5.41, 5.74) is 1.90. The standard InChI is InChI=1S/C23H23N5/c1-2-3-16-24-23(27-21-14-12-17-8-4-6-10-19(17)25-21)28-22-15-13-18-9-5-7-11-20(18)26-22/h4-15H,2-3,16H2,1H3,(H2,24,25,26,27,28). The zero-order valence-electron chi connectivity index (χ0n) is 15.9. The van der Waals surface area contributed by atoms with Gasteiger partial charge in [-0.25, -0.2) is 9.97 Å². The van der Waals surface area contributed by atoms with Crippen LogP contribution in [0.1, 0.15) is 19.8 Å². The fourth-order valence-corrected chi connectivity index (χ4v) is 2.97. The number of guanidine groups is 1. The van der Waals surface area contributed by atoms with Crippen molar-refractivity contribution in [2.45, 2.75) is 19.8 Å². The number of aromatic nitrogens is 2. The van der Waals surface area contributed by atoms with Crippen LogP contribution in [0.25, 0.3) is 21.8 Å². The minimum Gasteiger partial charge on any atom is -0.311 e. The Morgan fingerprint density at radius 1 is 0.750 bits per heavy atom. The molecular weight excluding hydrogens is 346 g/mol. The number of hydrogen-bond acceptors (Lipinski definition) is 3. The molecule has 0 aliphatic carbocycles. The highest BCUT2D eigenvalue weighted by Gasteiger charge is 2.05. The second-order valence-corrected chi connectivity index (χ2v) is 6.61. The van der Waals surface area contributed by atoms with Crippen molar-refractivity contribution in [1.29, 1.82) is 0 Å². The Kier molecular flexibility index (Phi) is 5.43. The third-order valence-electron chi connectivity index (χ3n) is 4.47. The normalized spacial score (nSPS) is 10.8. The number of benzene rings is 2. The van der Waals surface area contributed by atoms with Crippen molar-refractivity contribution < 1.29 is 0 Å². The zero-order valence-corrected chi connectivity index (χ0v) is 15.9. The molecule has 2 N–H and O–H groups in total. The lowest BCUT2D eigenvalue weighted by atomic mass is 10.2. The molecule has 0 radical (unpaired) electrons. The van der Waals surface area contributed by atoms with E-state index < -0.39 is 0 Å². The molecule has 0 fully saturated rings. The second-order valence-electron chi connectivity index (χ2n) is 6.61. The van der Waals surface area contributed by atoms with E-state index in [1.165, 1.54) is 0 Å². The van der Waals surface area contributed by atoms with Crippen LogP contribution in [0.4, 0.5) is 11.6 Å². The number of anilines is 2. The maximum absolute atomic E-state index is 4.68. The number of aliphatic imine (C=N–C) groups is 1. The van der Waals surface area contributed by atoms with Crippen LogP contribution in [-0.4, -0.2) is 22.5 Å². The van der Waals surface area contributed by atoms with Gasteiger partial charge in [-0.15, -0.1) is 0 Å². The van der Waals surface area contributed by atoms with Gasteiger partial charge in [0, 0.05) is 17.3 Å². The van der Waals surface area contributed by atoms with E-state index in [0.717, 1.165) is 52.8 Å². The third kappa shape index (κ3) is 4.26. The molecule has 0 unspecified atom stereocenters. The first kappa shape index (κ1) is 17.9. The van der Waals surface area contributed by atoms with Crippen LogP contribution >= 0.6 is 0 Å². The molecule has 4 aromatic rings. The molecule has 0 saturated heterocycles. The van der Waals surface area contributed by atoms with Gasteiger partial charge in [0.15, 0.2) is 0 Å². The zero-order chi connectivity index (χ0) is 19.2. The maximum atomic E-state index is 4.68. The van der Waals surface area contributed by atoms with Gasteiger partial charge in [-0.1, -0.05) is 49.7 Å². The quantitative estimate of drug-likeness (QED) is 0.278. The fraction of sp³-hybridized carbons (Fsp3) is 0.174. The first-order valence-corrected chi connectivity index (χ1v) is 9.62. The predicted molar refractivity (Wildman–Crippen MR) is 118 cm³/mol. The van der Waals surface area contributed by atoms with Crippen LogP contribution in [0, 0.1) is 0 Å². The Balaban J connectivity index is 1.59. The molecule has 0 spiro atoms. The lowest BCUT2D eigenvalue weighted by molar-refractivity contribution is 0.807. The predicted octanol–water partition coefficient (Wildman–Crippen LogP) is 5.46. The number of pyridine rings is 2. The monoisotopic (exact) mass is 369 g/mol. The Morgan fingerprint density at radius 3 is 1.82 bits per heavy atom. The molecule has 28 heavy (non-hydrogen) atoms. The van der Waals surface area contributed by atoms with Gasteiger partial charge in [-0.2, -0.15) is 0 Å². The third-order valence-corrected chi connectivity index (χ3v) is 4.47. The second kappa shape index (κ2) is 8.48. The van der Waals surface area contributed by atoms with Crippen molar-refractivity contribution >= 4 is 39.4 Å². The molecule has 0 atom stereocenters. The summed E-state index contributed by atoms with van der Waals surface area (Å²) in [6, 6.07) is 24.2. The van der Waals surface area contributed by atoms with E-state index in [0.29, 0.717) is 5.96 Å². The number of para-hydroxylation sites is 2. The number of nitrogens with one attached hydrogen (secondary N) is 2. The smallest absolute Gasteiger partial charge is 0.202 e. The van der Waals surface area contributed by atoms with Crippen LogP contribution in [-0.2, 0) is 0 Å². The summed E-state index contributed by atoms with van der Waals surface area (Å²) in [7, 11) is 0. The van der Waals surface area contributed by atoms with Crippen LogP contribution in [0.15, 0.2) is 77.8 Å². The molecule has 0 aliphatic rings. The van der Waals surface area contributed by atoms with Gasteiger partial charge in [-0.05, 0) is 42.8 Å². The summed E-state index contributed by atoms with van der Waals surface area (Å²) in [6.07, 6.45) is 2.13. The van der Waals surface area contributed by atoms with E-state index >= 15 is 0 Å². The molecule has 0 bridgehead atoms. The molecule has 4 rings (SSSR count). The molecule has 140 valence electrons. The van der Waals surface area contributed by atoms with E-state index in [-0.39, 0.29) is 0 Å². The van der Waals surface area contributed by atoms with Crippen molar-refractivity contribution in [3.8, 4) is 0 Å². The van der Waals surface area contributed by atoms with E-state index in [9.17, 15) is 0 Å². The Hall–Kier alpha value is -3.47. The van der Waals surface area contributed by atoms with Crippen molar-refractivity contribution in [1.82, 2.24) is 9.97 Å². The molecule has 5 heteroatoms. The Morgan fingerprint density at radius 2 is 1.29 bits per heavy atom. The maximum Gasteiger partial charge on any atom is 0.202 e. The largest absolute Gasteiger partial charge is 0.311 e. The Labute approximate surface area is 164 Å². The van der Waals surface area contributed by atoms with E-state index in [2.05, 4.69) is 56.8 Å². The summed E-state index contributed by atoms with van der Waals surface area (Å²) < 4.78 is 0. The van der Waals surface area contributed by atoms with Crippen molar-refractivity contribution in [3.05, 3.63) is 72.8 Å². The highest BCUT2D eigenvalue weighted by atomic mass is 15.2. The topological polar surface area (TPSA) is 62.2 Å². The van der Waals surface area contributed by atoms with Crippen LogP contribution < -0.4 is 10.6 Å². The SMILES string of the molecule is CCCCN=C(Nc1ccc2ccccc2n1)Nc1ccc2ccccc2n1. The highest BCUT2D eigenvalue weighted by Crippen LogP contribution is 2.17. The molecule has 0 aliphatic heterocycles. The number of unbranched alkanes of at least 4 members (excludes halogenated alkanes) is 1. The fourth-order valence-electron chi connectivity index (χ4n) is 2.97. The summed E-state index contributed by atoms with van der Waals surface area (Å²) in [4.78, 5) is 14.0. The average molecular weight is 369 g/mol. The molecule has 0 saturated carbocycles. The lowest BCUT2D eigenvalue weighted by Gasteiger charge is -2.12. The average Bonchev–Trinajstić information content (AvgIpc) is 2.74. The summed E-state index contributed by atoms with van der Waals surface area (Å²) >= 11 is 0. The molecule has 0 amide bonds. The Bertz CT molecular complexity index is 1040. The van der Waals surface area contributed by atoms with E-state index in [1.54, 1.807) is 0 Å². The van der Waals surface area contributed by atoms with Gasteiger partial charge in [0.25, 0.3) is 0 Å². The van der Waals surface area contributed by atoms with Gasteiger partial charge in [-0.3, -0.25) is 4.99 Å². The van der Waals surface area contributed by atoms with Gasteiger partial charge in [0.05, 0.1) is 11.0 Å². The van der Waals surface area contributed by atoms with Crippen LogP contribution in [0.5, 0.6) is 0 Å². The number of hydrogen-bond donors (Lipinski definition) is 2. The van der Waals surface area contributed by atoms with Crippen molar-refractivity contribution in [2.24, 2.45) is 4.99 Å². The number of fused-ring (bicyclic) bond motifs is 2. The summed E-state index contributed by atoms with van der Waals surface area (Å²) in [5.74, 6) is 2.16. The minimum atomic E-state index is 0.652. The van der Waals surface area contributed by atoms with Crippen molar-refractivity contribution in [3.63, 3.8) is 0 Å². The van der Waals surface area contributed by atoms with Gasteiger partial charge < -0.3 is 10.6 Å². The minimum absolute atomic E-state index is 0.652. The van der Waals surface area contributed by atoms with E-state index in [4.69, 9.17) is 0 Å². The number of rotatable bonds is 5. The molecule has 2 aromatic carbocycles. The first-order valence-electron chi connectivity index (χ1n) is 9.62. The lowest BCUT2D eigenvalue weighted by Crippen LogP contribution is -2.23. The highest BCUT2D eigenvalue weighted by molar-refractivity contribution is 6.03. The molecule has 5 nitrogen and oxygen atoms in total. The van der Waals surface area contributed by atoms with Gasteiger partial charge in [0.2, 0.25) is 5.96 Å². The van der Waals surface area contributed by atoms with Crippen LogP contribution in [0.3, 0.4) is 0 Å². The van der Waals surface area contributed by atoms with Crippen molar-refractivity contribution in [2.75, 3.05) is 17.2 Å². The van der Waals surface area contributed by atoms with Gasteiger partial charge in [0.1, 0.15) is 11.6 Å². The molecule has 2 heterocycles. The van der Waals surface area contributed by atoms with Gasteiger partial charge >= 0.3 is 0 Å². The first-order chi connectivity index (χ1) is 13.8. The van der Waals surface area contributed by atoms with E-state index in [1.807, 2.05) is 48.5 Å². The molecule has 2 aromatic heterocycles.